The number of rotatable bonds is 103. The molecule has 3 fully saturated rings. The highest BCUT2D eigenvalue weighted by Gasteiger charge is 2.59. The third kappa shape index (κ3) is 66.3. The molecule has 0 heterocycles. The molecule has 3 N–H and O–H groups in total. The summed E-state index contributed by atoms with van der Waals surface area (Å²) in [6.45, 7) is 43.6. The molecule has 0 aromatic rings. The Labute approximate surface area is 780 Å². The van der Waals surface area contributed by atoms with Crippen molar-refractivity contribution in [2.45, 2.75) is 150 Å². The van der Waals surface area contributed by atoms with Crippen molar-refractivity contribution in [1.29, 1.82) is 0 Å². The molecule has 1 amide bonds. The van der Waals surface area contributed by atoms with E-state index in [9.17, 15) is 4.79 Å². The Morgan fingerprint density at radius 3 is 0.931 bits per heavy atom. The van der Waals surface area contributed by atoms with Crippen LogP contribution in [0.25, 0.3) is 0 Å². The Bertz CT molecular complexity index is 2440. The van der Waals surface area contributed by atoms with Crippen molar-refractivity contribution in [2.75, 3.05) is 396 Å². The van der Waals surface area contributed by atoms with Gasteiger partial charge < -0.3 is 148 Å². The quantitative estimate of drug-likeness (QED) is 0.0188. The molecule has 36 heteroatoms. The number of carbonyl (C=O) groups excluding carboxylic acids is 1. The maximum absolute atomic E-state index is 13.1. The summed E-state index contributed by atoms with van der Waals surface area (Å²) >= 11 is 0. The molecule has 0 aromatic carbocycles. The Hall–Kier alpha value is -2.31. The fraction of sp³-hybridized carbons (Fsp3) is 0.968. The van der Waals surface area contributed by atoms with E-state index >= 15 is 0 Å². The van der Waals surface area contributed by atoms with Gasteiger partial charge in [0.05, 0.1) is 370 Å². The molecule has 770 valence electrons. The minimum Gasteiger partial charge on any atom is -0.446 e. The molecular formula is C94H180N2O34. The lowest BCUT2D eigenvalue weighted by molar-refractivity contribution is -0.529. The molecular weight excluding hydrogens is 1700 g/mol. The van der Waals surface area contributed by atoms with Crippen molar-refractivity contribution in [3.8, 4) is 0 Å². The van der Waals surface area contributed by atoms with Crippen molar-refractivity contribution < 1.29 is 162 Å². The molecule has 0 bridgehead atoms. The first-order valence-electron chi connectivity index (χ1n) is 49.2. The summed E-state index contributed by atoms with van der Waals surface area (Å²) in [6, 6.07) is 0. The van der Waals surface area contributed by atoms with Crippen molar-refractivity contribution >= 4 is 6.09 Å². The summed E-state index contributed by atoms with van der Waals surface area (Å²) in [5, 5.41) is 7.74. The van der Waals surface area contributed by atoms with Gasteiger partial charge in [0.25, 0.3) is 0 Å². The van der Waals surface area contributed by atoms with E-state index in [0.717, 1.165) is 74.0 Å². The van der Waals surface area contributed by atoms with Gasteiger partial charge in [-0.2, -0.15) is 4.89 Å². The van der Waals surface area contributed by atoms with E-state index in [1.165, 1.54) is 56.9 Å². The van der Waals surface area contributed by atoms with Crippen LogP contribution in [0.2, 0.25) is 0 Å². The minimum absolute atomic E-state index is 0.139. The van der Waals surface area contributed by atoms with Gasteiger partial charge in [-0.25, -0.2) is 9.68 Å². The molecule has 0 radical (unpaired) electrons. The Morgan fingerprint density at radius 2 is 0.638 bits per heavy atom. The third-order valence-corrected chi connectivity index (χ3v) is 23.1. The fourth-order valence-electron chi connectivity index (χ4n) is 16.3. The summed E-state index contributed by atoms with van der Waals surface area (Å²) in [4.78, 5) is 23.5. The number of nitrogens with two attached hydrogens (primary N) is 1. The van der Waals surface area contributed by atoms with E-state index in [-0.39, 0.29) is 24.7 Å². The van der Waals surface area contributed by atoms with Crippen LogP contribution >= 0.6 is 0 Å². The summed E-state index contributed by atoms with van der Waals surface area (Å²) in [5.41, 5.74) is 7.52. The molecule has 0 aromatic heterocycles. The summed E-state index contributed by atoms with van der Waals surface area (Å²) < 4.78 is 167. The van der Waals surface area contributed by atoms with Crippen LogP contribution in [0.5, 0.6) is 0 Å². The van der Waals surface area contributed by atoms with E-state index in [4.69, 9.17) is 163 Å². The van der Waals surface area contributed by atoms with Crippen LogP contribution in [0.15, 0.2) is 11.6 Å². The Kier molecular flexibility index (Phi) is 82.4. The van der Waals surface area contributed by atoms with Crippen LogP contribution in [0, 0.1) is 46.3 Å². The van der Waals surface area contributed by atoms with E-state index in [2.05, 4.69) is 46.0 Å². The second-order valence-electron chi connectivity index (χ2n) is 33.2. The predicted octanol–water partition coefficient (Wildman–Crippen LogP) is 9.35. The number of ether oxygens (including phenoxy) is 30. The number of allylic oxidation sites excluding steroid dienone is 1. The fourth-order valence-corrected chi connectivity index (χ4v) is 16.3. The number of hydrogen-bond donors (Lipinski definition) is 2. The lowest BCUT2D eigenvalue weighted by Gasteiger charge is -2.58. The van der Waals surface area contributed by atoms with Crippen LogP contribution in [-0.4, -0.2) is 415 Å². The average molecular weight is 1880 g/mol. The van der Waals surface area contributed by atoms with Crippen LogP contribution < -0.4 is 11.1 Å². The van der Waals surface area contributed by atoms with Gasteiger partial charge in [0.15, 0.2) is 6.23 Å². The molecule has 3 saturated carbocycles. The number of hydrogen-bond acceptors (Lipinski definition) is 35. The lowest BCUT2D eigenvalue weighted by atomic mass is 9.47. The van der Waals surface area contributed by atoms with Gasteiger partial charge in [0, 0.05) is 26.2 Å². The first kappa shape index (κ1) is 120. The van der Waals surface area contributed by atoms with Crippen molar-refractivity contribution in [3.05, 3.63) is 11.6 Å². The van der Waals surface area contributed by atoms with E-state index in [1.807, 2.05) is 6.92 Å². The Morgan fingerprint density at radius 1 is 0.346 bits per heavy atom. The van der Waals surface area contributed by atoms with E-state index in [0.29, 0.717) is 395 Å². The number of unbranched alkanes of at least 4 members (excludes halogenated alkanes) is 2. The average Bonchev–Trinajstić information content (AvgIpc) is 1.44. The maximum atomic E-state index is 13.1. The topological polar surface area (TPSA) is 360 Å². The minimum atomic E-state index is -0.721. The number of alkyl carbamates (subject to hydrolysis) is 1. The lowest BCUT2D eigenvalue weighted by Crippen LogP contribution is -2.51. The molecule has 9 atom stereocenters. The monoisotopic (exact) mass is 1880 g/mol. The van der Waals surface area contributed by atoms with Gasteiger partial charge >= 0.3 is 6.09 Å². The van der Waals surface area contributed by atoms with Gasteiger partial charge in [-0.1, -0.05) is 77.5 Å². The van der Waals surface area contributed by atoms with Gasteiger partial charge in [0.2, 0.25) is 0 Å². The van der Waals surface area contributed by atoms with E-state index in [1.54, 1.807) is 0 Å². The first-order chi connectivity index (χ1) is 64.1. The highest BCUT2D eigenvalue weighted by molar-refractivity contribution is 5.67. The molecule has 4 aliphatic rings. The van der Waals surface area contributed by atoms with E-state index < -0.39 is 12.3 Å². The zero-order valence-corrected chi connectivity index (χ0v) is 81.2. The molecule has 4 aliphatic carbocycles. The van der Waals surface area contributed by atoms with Crippen LogP contribution in [0.3, 0.4) is 0 Å². The molecule has 0 saturated heterocycles. The second-order valence-corrected chi connectivity index (χ2v) is 33.2. The van der Waals surface area contributed by atoms with Crippen LogP contribution in [0.1, 0.15) is 138 Å². The standard InChI is InChI=1S/C94H180N2O34/c1-7-91(96-92(97)128-86-18-20-93(5)85(82-86)14-15-87-89-17-16-88(84(4)13-11-12-83(2)3)94(89,6)21-19-90(87)93)129-130-127-81-80-126-79-78-125-77-76-124-75-74-123-73-72-122-71-70-121-69-68-120-67-66-119-65-63-117-60-57-114-54-51-111-48-45-108-42-39-105-36-33-102-30-27-99-24-10-8-9-23-98-26-29-101-32-35-104-38-41-107-44-47-110-50-53-113-56-59-116-62-64-118-61-58-115-55-52-112-49-46-109-43-40-106-37-34-103-31-28-100-25-22-95/h14,83-84,86-91H,7-13,15-82,95H2,1-6H3,(H,96,97)/t84-,86+,87?,88?,89?,90?,91?,93+,94-/m1/s1. The number of nitrogens with one attached hydrogen (secondary N) is 1. The van der Waals surface area contributed by atoms with Gasteiger partial charge in [-0.15, -0.1) is 0 Å². The largest absolute Gasteiger partial charge is 0.446 e. The normalized spacial score (nSPS) is 19.6. The molecule has 0 spiro atoms. The number of fused-ring (bicyclic) bond motifs is 5. The van der Waals surface area contributed by atoms with Crippen LogP contribution in [0.4, 0.5) is 4.79 Å². The molecule has 130 heavy (non-hydrogen) atoms. The maximum Gasteiger partial charge on any atom is 0.409 e. The Balaban J connectivity index is 0.709. The molecule has 0 aliphatic heterocycles. The molecule has 36 nitrogen and oxygen atoms in total. The van der Waals surface area contributed by atoms with Crippen molar-refractivity contribution in [2.24, 2.45) is 52.1 Å². The van der Waals surface area contributed by atoms with Gasteiger partial charge in [0.1, 0.15) is 12.7 Å². The smallest absolute Gasteiger partial charge is 0.409 e. The van der Waals surface area contributed by atoms with Gasteiger partial charge in [-0.05, 0) is 117 Å². The highest BCUT2D eigenvalue weighted by Crippen LogP contribution is 2.67. The SMILES string of the molecule is CCC(NC(=O)O[C@H]1CC[C@@]2(C)C(=CCC3C4CCC([C@H](C)CCCC(C)C)[C@@]4(C)CCC32)C1)OOOCCOCCOCCOCCOCCOCCOCCOCCOCCOCCOCCOCCOCCOCCOCCOCCCCCOCCOCCOCCOCCOCCOCCOCCOCCOCCOCCOCCOCCOCCOCCN. The highest BCUT2D eigenvalue weighted by atomic mass is 17.5. The van der Waals surface area contributed by atoms with Gasteiger partial charge in [-0.3, -0.25) is 5.32 Å². The first-order valence-corrected chi connectivity index (χ1v) is 49.2. The molecule has 4 rings (SSSR count). The summed E-state index contributed by atoms with van der Waals surface area (Å²) in [7, 11) is 0. The van der Waals surface area contributed by atoms with Crippen LogP contribution in [-0.2, 0) is 157 Å². The number of amides is 1. The molecule has 5 unspecified atom stereocenters. The predicted molar refractivity (Wildman–Crippen MR) is 485 cm³/mol. The van der Waals surface area contributed by atoms with Crippen molar-refractivity contribution in [1.82, 2.24) is 5.32 Å². The third-order valence-electron chi connectivity index (χ3n) is 23.1. The zero-order valence-electron chi connectivity index (χ0n) is 81.2. The second kappa shape index (κ2) is 89.3. The van der Waals surface area contributed by atoms with Crippen molar-refractivity contribution in [3.63, 3.8) is 0 Å². The summed E-state index contributed by atoms with van der Waals surface area (Å²) in [5.74, 6) is 4.78. The number of carbonyl (C=O) groups is 1. The summed E-state index contributed by atoms with van der Waals surface area (Å²) in [6.07, 6.45) is 18.1. The zero-order chi connectivity index (χ0) is 92.6.